The highest BCUT2D eigenvalue weighted by molar-refractivity contribution is 5.84. The van der Waals surface area contributed by atoms with Crippen molar-refractivity contribution in [3.8, 4) is 11.1 Å². The van der Waals surface area contributed by atoms with E-state index in [0.29, 0.717) is 0 Å². The van der Waals surface area contributed by atoms with Gasteiger partial charge in [0.25, 0.3) is 0 Å². The molecule has 0 spiro atoms. The normalized spacial score (nSPS) is 12.3. The first kappa shape index (κ1) is 26.9. The number of benzene rings is 3. The second kappa shape index (κ2) is 11.9. The van der Waals surface area contributed by atoms with Crippen LogP contribution < -0.4 is 5.32 Å². The number of fused-ring (bicyclic) bond motifs is 3. The maximum absolute atomic E-state index is 13.0. The Morgan fingerprint density at radius 3 is 2.03 bits per heavy atom. The molecule has 4 rings (SSSR count). The van der Waals surface area contributed by atoms with E-state index in [9.17, 15) is 14.4 Å². The maximum Gasteiger partial charge on any atom is 0.407 e. The number of nitrogens with one attached hydrogen (secondary N) is 1. The zero-order valence-corrected chi connectivity index (χ0v) is 22.1. The molecule has 0 saturated carbocycles. The van der Waals surface area contributed by atoms with Crippen LogP contribution in [0.3, 0.4) is 0 Å². The predicted octanol–water partition coefficient (Wildman–Crippen LogP) is 4.94. The largest absolute Gasteiger partial charge is 0.459 e. The Morgan fingerprint density at radius 1 is 0.842 bits per heavy atom. The highest BCUT2D eigenvalue weighted by atomic mass is 16.6. The van der Waals surface area contributed by atoms with Crippen molar-refractivity contribution in [2.24, 2.45) is 0 Å². The molecule has 198 valence electrons. The molecule has 1 aliphatic rings. The van der Waals surface area contributed by atoms with Gasteiger partial charge < -0.3 is 19.7 Å². The van der Waals surface area contributed by atoms with Crippen LogP contribution in [0, 0.1) is 0 Å². The lowest BCUT2D eigenvalue weighted by Crippen LogP contribution is -2.43. The minimum atomic E-state index is -0.662. The van der Waals surface area contributed by atoms with Crippen LogP contribution in [0.2, 0.25) is 0 Å². The SMILES string of the molecule is CC(C)(C)OC(=O)CN(CCNC(=O)OCC1c2ccccc2-c2ccccc21)C(=O)Cc1ccccc1. The molecule has 3 aromatic carbocycles. The van der Waals surface area contributed by atoms with Crippen LogP contribution >= 0.6 is 0 Å². The maximum atomic E-state index is 13.0. The van der Waals surface area contributed by atoms with Gasteiger partial charge in [-0.05, 0) is 48.6 Å². The molecule has 2 amide bonds. The third kappa shape index (κ3) is 7.00. The van der Waals surface area contributed by atoms with Crippen LogP contribution in [-0.4, -0.2) is 54.7 Å². The average Bonchev–Trinajstić information content (AvgIpc) is 3.20. The molecule has 0 unspecified atom stereocenters. The molecule has 7 heteroatoms. The van der Waals surface area contributed by atoms with Gasteiger partial charge in [0.2, 0.25) is 5.91 Å². The molecular weight excluding hydrogens is 480 g/mol. The number of esters is 1. The van der Waals surface area contributed by atoms with Crippen molar-refractivity contribution < 1.29 is 23.9 Å². The number of nitrogens with zero attached hydrogens (tertiary/aromatic N) is 1. The Balaban J connectivity index is 1.33. The van der Waals surface area contributed by atoms with Crippen molar-refractivity contribution in [3.05, 3.63) is 95.6 Å². The van der Waals surface area contributed by atoms with E-state index < -0.39 is 17.7 Å². The smallest absolute Gasteiger partial charge is 0.407 e. The number of amides is 2. The fourth-order valence-electron chi connectivity index (χ4n) is 4.65. The summed E-state index contributed by atoms with van der Waals surface area (Å²) >= 11 is 0. The molecule has 0 atom stereocenters. The van der Waals surface area contributed by atoms with E-state index in [1.807, 2.05) is 54.6 Å². The Hall–Kier alpha value is -4.13. The average molecular weight is 515 g/mol. The first-order valence-corrected chi connectivity index (χ1v) is 12.8. The molecule has 3 aromatic rings. The molecule has 1 aliphatic carbocycles. The van der Waals surface area contributed by atoms with Crippen molar-refractivity contribution in [1.82, 2.24) is 10.2 Å². The molecule has 0 bridgehead atoms. The fourth-order valence-corrected chi connectivity index (χ4v) is 4.65. The van der Waals surface area contributed by atoms with E-state index in [2.05, 4.69) is 29.6 Å². The molecule has 0 saturated heterocycles. The van der Waals surface area contributed by atoms with E-state index in [0.717, 1.165) is 27.8 Å². The second-order valence-corrected chi connectivity index (χ2v) is 10.3. The third-order valence-electron chi connectivity index (χ3n) is 6.29. The van der Waals surface area contributed by atoms with Gasteiger partial charge in [-0.3, -0.25) is 9.59 Å². The van der Waals surface area contributed by atoms with Gasteiger partial charge >= 0.3 is 12.1 Å². The first-order valence-electron chi connectivity index (χ1n) is 12.8. The molecule has 0 radical (unpaired) electrons. The highest BCUT2D eigenvalue weighted by Crippen LogP contribution is 2.44. The summed E-state index contributed by atoms with van der Waals surface area (Å²) in [7, 11) is 0. The summed E-state index contributed by atoms with van der Waals surface area (Å²) in [6.45, 7) is 5.62. The number of hydrogen-bond acceptors (Lipinski definition) is 5. The minimum absolute atomic E-state index is 0.0377. The summed E-state index contributed by atoms with van der Waals surface area (Å²) in [6, 6.07) is 25.6. The second-order valence-electron chi connectivity index (χ2n) is 10.3. The van der Waals surface area contributed by atoms with Crippen molar-refractivity contribution in [2.45, 2.75) is 38.7 Å². The van der Waals surface area contributed by atoms with Crippen molar-refractivity contribution in [3.63, 3.8) is 0 Å². The first-order chi connectivity index (χ1) is 18.2. The standard InChI is InChI=1S/C31H34N2O5/c1-31(2,3)38-29(35)20-33(28(34)19-22-11-5-4-6-12-22)18-17-32-30(36)37-21-27-25-15-9-7-13-23(25)24-14-8-10-16-26(24)27/h4-16,27H,17-21H2,1-3H3,(H,32,36). The quantitative estimate of drug-likeness (QED) is 0.409. The molecule has 38 heavy (non-hydrogen) atoms. The van der Waals surface area contributed by atoms with Crippen molar-refractivity contribution >= 4 is 18.0 Å². The van der Waals surface area contributed by atoms with Gasteiger partial charge in [0.05, 0.1) is 6.42 Å². The zero-order valence-electron chi connectivity index (χ0n) is 22.1. The van der Waals surface area contributed by atoms with E-state index in [-0.39, 0.29) is 44.5 Å². The van der Waals surface area contributed by atoms with Crippen LogP contribution in [-0.2, 0) is 25.5 Å². The summed E-state index contributed by atoms with van der Waals surface area (Å²) in [6.07, 6.45) is -0.422. The monoisotopic (exact) mass is 514 g/mol. The van der Waals surface area contributed by atoms with E-state index >= 15 is 0 Å². The van der Waals surface area contributed by atoms with Gasteiger partial charge in [0.1, 0.15) is 18.8 Å². The van der Waals surface area contributed by atoms with Crippen LogP contribution in [0.5, 0.6) is 0 Å². The predicted molar refractivity (Wildman–Crippen MR) is 146 cm³/mol. The van der Waals surface area contributed by atoms with Crippen LogP contribution in [0.15, 0.2) is 78.9 Å². The number of rotatable bonds is 9. The molecule has 0 fully saturated rings. The molecule has 1 N–H and O–H groups in total. The summed E-state index contributed by atoms with van der Waals surface area (Å²) in [5.41, 5.74) is 4.77. The molecule has 0 aliphatic heterocycles. The summed E-state index contributed by atoms with van der Waals surface area (Å²) < 4.78 is 11.0. The fraction of sp³-hybridized carbons (Fsp3) is 0.323. The van der Waals surface area contributed by atoms with Crippen LogP contribution in [0.4, 0.5) is 4.79 Å². The Morgan fingerprint density at radius 2 is 1.42 bits per heavy atom. The van der Waals surface area contributed by atoms with Gasteiger partial charge in [-0.25, -0.2) is 4.79 Å². The number of hydrogen-bond donors (Lipinski definition) is 1. The Labute approximate surface area is 223 Å². The summed E-state index contributed by atoms with van der Waals surface area (Å²) in [5.74, 6) is -0.763. The van der Waals surface area contributed by atoms with Crippen LogP contribution in [0.1, 0.15) is 43.4 Å². The van der Waals surface area contributed by atoms with E-state index in [1.165, 1.54) is 4.90 Å². The number of carbonyl (C=O) groups excluding carboxylic acids is 3. The van der Waals surface area contributed by atoms with E-state index in [1.54, 1.807) is 20.8 Å². The lowest BCUT2D eigenvalue weighted by molar-refractivity contribution is -0.158. The lowest BCUT2D eigenvalue weighted by Gasteiger charge is -2.25. The van der Waals surface area contributed by atoms with Gasteiger partial charge in [-0.15, -0.1) is 0 Å². The van der Waals surface area contributed by atoms with Gasteiger partial charge in [0, 0.05) is 19.0 Å². The van der Waals surface area contributed by atoms with Gasteiger partial charge in [-0.2, -0.15) is 0 Å². The lowest BCUT2D eigenvalue weighted by atomic mass is 9.98. The van der Waals surface area contributed by atoms with Gasteiger partial charge in [0.15, 0.2) is 0 Å². The molecular formula is C31H34N2O5. The number of ether oxygens (including phenoxy) is 2. The molecule has 0 aromatic heterocycles. The minimum Gasteiger partial charge on any atom is -0.459 e. The summed E-state index contributed by atoms with van der Waals surface area (Å²) in [5, 5.41) is 2.72. The highest BCUT2D eigenvalue weighted by Gasteiger charge is 2.29. The van der Waals surface area contributed by atoms with Gasteiger partial charge in [-0.1, -0.05) is 78.9 Å². The molecule has 7 nitrogen and oxygen atoms in total. The topological polar surface area (TPSA) is 84.9 Å². The number of alkyl carbamates (subject to hydrolysis) is 1. The third-order valence-corrected chi connectivity index (χ3v) is 6.29. The Bertz CT molecular complexity index is 1240. The van der Waals surface area contributed by atoms with Crippen molar-refractivity contribution in [2.75, 3.05) is 26.2 Å². The van der Waals surface area contributed by atoms with E-state index in [4.69, 9.17) is 9.47 Å². The number of carbonyl (C=O) groups is 3. The Kier molecular flexibility index (Phi) is 8.46. The summed E-state index contributed by atoms with van der Waals surface area (Å²) in [4.78, 5) is 39.4. The van der Waals surface area contributed by atoms with Crippen molar-refractivity contribution in [1.29, 1.82) is 0 Å². The zero-order chi connectivity index (χ0) is 27.1. The van der Waals surface area contributed by atoms with Crippen LogP contribution in [0.25, 0.3) is 11.1 Å². The molecule has 0 heterocycles.